The molecule has 3 rings (SSSR count). The minimum Gasteiger partial charge on any atom is -0.371 e. The zero-order valence-corrected chi connectivity index (χ0v) is 19.4. The number of thiophene rings is 1. The number of nitrogens with zero attached hydrogens (tertiary/aromatic N) is 3. The minimum absolute atomic E-state index is 0.0183. The van der Waals surface area contributed by atoms with Gasteiger partial charge in [-0.05, 0) is 17.9 Å². The van der Waals surface area contributed by atoms with Gasteiger partial charge in [-0.3, -0.25) is 19.2 Å². The van der Waals surface area contributed by atoms with Crippen molar-refractivity contribution in [3.8, 4) is 0 Å². The van der Waals surface area contributed by atoms with Crippen LogP contribution in [0.5, 0.6) is 0 Å². The van der Waals surface area contributed by atoms with E-state index in [1.54, 1.807) is 11.3 Å². The smallest absolute Gasteiger partial charge is 0.290 e. The summed E-state index contributed by atoms with van der Waals surface area (Å²) in [6, 6.07) is 3.67. The third-order valence-corrected chi connectivity index (χ3v) is 6.16. The summed E-state index contributed by atoms with van der Waals surface area (Å²) in [7, 11) is 6.03. The van der Waals surface area contributed by atoms with Gasteiger partial charge in [0.25, 0.3) is 17.0 Å². The first-order valence-electron chi connectivity index (χ1n) is 9.97. The molecule has 1 atom stereocenters. The van der Waals surface area contributed by atoms with Crippen molar-refractivity contribution in [1.29, 1.82) is 0 Å². The molecule has 3 aromatic heterocycles. The van der Waals surface area contributed by atoms with E-state index in [1.807, 2.05) is 24.4 Å². The van der Waals surface area contributed by atoms with E-state index in [1.165, 1.54) is 50.2 Å². The van der Waals surface area contributed by atoms with E-state index in [0.717, 1.165) is 9.56 Å². The Morgan fingerprint density at radius 3 is 2.34 bits per heavy atom. The highest BCUT2D eigenvalue weighted by Crippen LogP contribution is 2.27. The van der Waals surface area contributed by atoms with Gasteiger partial charge in [-0.2, -0.15) is 0 Å². The van der Waals surface area contributed by atoms with Gasteiger partial charge >= 0.3 is 0 Å². The average molecular weight is 459 g/mol. The number of aromatic amines is 1. The molecule has 10 nitrogen and oxygen atoms in total. The summed E-state index contributed by atoms with van der Waals surface area (Å²) in [5, 5.41) is 7.93. The highest BCUT2D eigenvalue weighted by atomic mass is 32.1. The Hall–Kier alpha value is -3.60. The van der Waals surface area contributed by atoms with Crippen molar-refractivity contribution in [2.75, 3.05) is 24.7 Å². The SMILES string of the molecule is CC[C@@H](Nc1c(Nc2c[nH]cc(C(=O)N(C)C)c2=O)c(=O)n(C)n(C)c1=O)c1cccs1. The van der Waals surface area contributed by atoms with E-state index in [4.69, 9.17) is 0 Å². The molecule has 0 spiro atoms. The predicted molar refractivity (Wildman–Crippen MR) is 126 cm³/mol. The molecule has 11 heteroatoms. The fourth-order valence-electron chi connectivity index (χ4n) is 3.21. The Bertz CT molecular complexity index is 1300. The fraction of sp³-hybridized carbons (Fsp3) is 0.333. The molecule has 1 amide bonds. The van der Waals surface area contributed by atoms with Gasteiger partial charge in [0.15, 0.2) is 0 Å². The molecular weight excluding hydrogens is 432 g/mol. The van der Waals surface area contributed by atoms with Crippen LogP contribution in [0.2, 0.25) is 0 Å². The number of aromatic nitrogens is 3. The van der Waals surface area contributed by atoms with E-state index < -0.39 is 22.5 Å². The molecule has 3 N–H and O–H groups in total. The topological polar surface area (TPSA) is 121 Å². The van der Waals surface area contributed by atoms with E-state index in [-0.39, 0.29) is 28.7 Å². The van der Waals surface area contributed by atoms with Crippen molar-refractivity contribution in [2.24, 2.45) is 14.1 Å². The Labute approximate surface area is 188 Å². The van der Waals surface area contributed by atoms with Crippen LogP contribution >= 0.6 is 11.3 Å². The molecule has 0 saturated carbocycles. The van der Waals surface area contributed by atoms with Crippen LogP contribution in [-0.4, -0.2) is 39.3 Å². The van der Waals surface area contributed by atoms with Crippen molar-refractivity contribution in [3.63, 3.8) is 0 Å². The van der Waals surface area contributed by atoms with Gasteiger partial charge in [-0.25, -0.2) is 9.36 Å². The summed E-state index contributed by atoms with van der Waals surface area (Å²) in [6.07, 6.45) is 3.33. The Kier molecular flexibility index (Phi) is 6.68. The Balaban J connectivity index is 2.14. The second-order valence-corrected chi connectivity index (χ2v) is 8.44. The molecule has 32 heavy (non-hydrogen) atoms. The summed E-state index contributed by atoms with van der Waals surface area (Å²) in [5.74, 6) is -0.478. The van der Waals surface area contributed by atoms with Gasteiger partial charge in [0.2, 0.25) is 5.43 Å². The second-order valence-electron chi connectivity index (χ2n) is 7.46. The maximum Gasteiger partial charge on any atom is 0.290 e. The lowest BCUT2D eigenvalue weighted by molar-refractivity contribution is 0.0826. The largest absolute Gasteiger partial charge is 0.371 e. The molecule has 0 radical (unpaired) electrons. The van der Waals surface area contributed by atoms with Gasteiger partial charge < -0.3 is 20.5 Å². The zero-order valence-electron chi connectivity index (χ0n) is 18.6. The van der Waals surface area contributed by atoms with E-state index in [2.05, 4.69) is 15.6 Å². The van der Waals surface area contributed by atoms with Gasteiger partial charge in [-0.1, -0.05) is 13.0 Å². The Morgan fingerprint density at radius 1 is 1.12 bits per heavy atom. The molecule has 0 aliphatic carbocycles. The molecule has 0 saturated heterocycles. The third kappa shape index (κ3) is 4.24. The number of nitrogens with one attached hydrogen (secondary N) is 3. The fourth-order valence-corrected chi connectivity index (χ4v) is 4.07. The zero-order chi connectivity index (χ0) is 23.6. The third-order valence-electron chi connectivity index (χ3n) is 5.17. The first-order valence-corrected chi connectivity index (χ1v) is 10.8. The number of H-pyrrole nitrogens is 1. The van der Waals surface area contributed by atoms with Crippen LogP contribution in [0.4, 0.5) is 17.1 Å². The number of amides is 1. The average Bonchev–Trinajstić information content (AvgIpc) is 3.31. The highest BCUT2D eigenvalue weighted by molar-refractivity contribution is 7.10. The van der Waals surface area contributed by atoms with Crippen molar-refractivity contribution >= 4 is 34.3 Å². The number of carbonyl (C=O) groups excluding carboxylic acids is 1. The molecule has 0 aliphatic rings. The van der Waals surface area contributed by atoms with Gasteiger partial charge in [-0.15, -0.1) is 11.3 Å². The summed E-state index contributed by atoms with van der Waals surface area (Å²) in [5.41, 5.74) is -1.62. The lowest BCUT2D eigenvalue weighted by Gasteiger charge is -2.21. The van der Waals surface area contributed by atoms with Crippen LogP contribution in [-0.2, 0) is 14.1 Å². The van der Waals surface area contributed by atoms with Crippen LogP contribution in [0.15, 0.2) is 44.3 Å². The van der Waals surface area contributed by atoms with Crippen LogP contribution < -0.4 is 27.2 Å². The molecular formula is C21H26N6O4S. The van der Waals surface area contributed by atoms with Gasteiger partial charge in [0, 0.05) is 45.5 Å². The van der Waals surface area contributed by atoms with Gasteiger partial charge in [0.05, 0.1) is 6.04 Å². The number of hydrogen-bond donors (Lipinski definition) is 3. The molecule has 0 bridgehead atoms. The summed E-state index contributed by atoms with van der Waals surface area (Å²) < 4.78 is 2.36. The number of carbonyl (C=O) groups is 1. The van der Waals surface area contributed by atoms with Crippen molar-refractivity contribution in [2.45, 2.75) is 19.4 Å². The lowest BCUT2D eigenvalue weighted by atomic mass is 10.1. The number of pyridine rings is 1. The molecule has 0 aromatic carbocycles. The normalized spacial score (nSPS) is 11.8. The van der Waals surface area contributed by atoms with Crippen LogP contribution in [0, 0.1) is 0 Å². The quantitative estimate of drug-likeness (QED) is 0.497. The Morgan fingerprint density at radius 2 is 1.78 bits per heavy atom. The molecule has 0 unspecified atom stereocenters. The predicted octanol–water partition coefficient (Wildman–Crippen LogP) is 1.84. The maximum absolute atomic E-state index is 13.1. The summed E-state index contributed by atoms with van der Waals surface area (Å²) >= 11 is 1.54. The molecule has 0 aliphatic heterocycles. The molecule has 0 fully saturated rings. The van der Waals surface area contributed by atoms with Crippen molar-refractivity contribution < 1.29 is 4.79 Å². The van der Waals surface area contributed by atoms with E-state index in [0.29, 0.717) is 6.42 Å². The van der Waals surface area contributed by atoms with Crippen LogP contribution in [0.3, 0.4) is 0 Å². The van der Waals surface area contributed by atoms with E-state index in [9.17, 15) is 19.2 Å². The first-order chi connectivity index (χ1) is 15.2. The number of hydrogen-bond acceptors (Lipinski definition) is 7. The highest BCUT2D eigenvalue weighted by Gasteiger charge is 2.22. The summed E-state index contributed by atoms with van der Waals surface area (Å²) in [6.45, 7) is 1.97. The van der Waals surface area contributed by atoms with Crippen molar-refractivity contribution in [1.82, 2.24) is 19.2 Å². The number of anilines is 3. The molecule has 3 heterocycles. The standard InChI is InChI=1S/C21H26N6O4S/c1-6-13(15-8-7-9-32-15)23-16-17(21(31)27(5)26(4)20(16)30)24-14-11-22-10-12(18(14)28)19(29)25(2)3/h7-11,13,23-24H,6H2,1-5H3,(H,22,28)/t13-/m1/s1. The minimum atomic E-state index is -0.582. The van der Waals surface area contributed by atoms with Crippen LogP contribution in [0.1, 0.15) is 34.6 Å². The summed E-state index contributed by atoms with van der Waals surface area (Å²) in [4.78, 5) is 56.4. The molecule has 170 valence electrons. The second kappa shape index (κ2) is 9.27. The monoisotopic (exact) mass is 458 g/mol. The van der Waals surface area contributed by atoms with Crippen molar-refractivity contribution in [3.05, 3.63) is 71.3 Å². The van der Waals surface area contributed by atoms with Gasteiger partial charge in [0.1, 0.15) is 22.6 Å². The van der Waals surface area contributed by atoms with Crippen LogP contribution in [0.25, 0.3) is 0 Å². The maximum atomic E-state index is 13.1. The number of rotatable bonds is 7. The molecule has 3 aromatic rings. The van der Waals surface area contributed by atoms with E-state index >= 15 is 0 Å². The first kappa shape index (κ1) is 23.1. The lowest BCUT2D eigenvalue weighted by Crippen LogP contribution is -2.39.